The lowest BCUT2D eigenvalue weighted by Gasteiger charge is -2.26. The lowest BCUT2D eigenvalue weighted by molar-refractivity contribution is -0.132. The normalized spacial score (nSPS) is 18.7. The Morgan fingerprint density at radius 2 is 2.00 bits per heavy atom. The Bertz CT molecular complexity index is 456. The third kappa shape index (κ3) is 6.68. The minimum absolute atomic E-state index is 0. The summed E-state index contributed by atoms with van der Waals surface area (Å²) in [6.45, 7) is 8.56. The van der Waals surface area contributed by atoms with Gasteiger partial charge in [-0.2, -0.15) is 0 Å². The zero-order chi connectivity index (χ0) is 15.2. The zero-order valence-corrected chi connectivity index (χ0v) is 15.6. The fourth-order valence-electron chi connectivity index (χ4n) is 3.02. The van der Waals surface area contributed by atoms with Gasteiger partial charge in [0.15, 0.2) is 0 Å². The Morgan fingerprint density at radius 1 is 1.35 bits per heavy atom. The van der Waals surface area contributed by atoms with Crippen LogP contribution in [0.3, 0.4) is 0 Å². The van der Waals surface area contributed by atoms with E-state index in [9.17, 15) is 4.79 Å². The molecule has 0 bridgehead atoms. The molecular weight excluding hydrogens is 333 g/mol. The Hall–Kier alpha value is -0.810. The van der Waals surface area contributed by atoms with Crippen molar-refractivity contribution >= 4 is 30.7 Å². The van der Waals surface area contributed by atoms with E-state index in [1.807, 2.05) is 11.8 Å². The fraction of sp³-hybridized carbons (Fsp3) is 0.588. The van der Waals surface area contributed by atoms with E-state index >= 15 is 0 Å². The average Bonchev–Trinajstić information content (AvgIpc) is 2.92. The number of hydrogen-bond acceptors (Lipinski definition) is 3. The molecule has 1 saturated heterocycles. The number of halogens is 2. The van der Waals surface area contributed by atoms with Crippen molar-refractivity contribution in [2.24, 2.45) is 11.7 Å². The Labute approximate surface area is 152 Å². The van der Waals surface area contributed by atoms with Crippen LogP contribution in [0.2, 0.25) is 0 Å². The number of likely N-dealkylation sites (tertiary alicyclic amines) is 1. The molecule has 0 aromatic heterocycles. The predicted molar refractivity (Wildman–Crippen MR) is 100 cm³/mol. The van der Waals surface area contributed by atoms with Crippen LogP contribution in [0.25, 0.3) is 0 Å². The summed E-state index contributed by atoms with van der Waals surface area (Å²) in [5.41, 5.74) is 7.07. The molecule has 1 unspecified atom stereocenters. The molecule has 2 N–H and O–H groups in total. The van der Waals surface area contributed by atoms with Crippen molar-refractivity contribution in [1.82, 2.24) is 9.80 Å². The Balaban J connectivity index is 0.00000242. The van der Waals surface area contributed by atoms with Gasteiger partial charge < -0.3 is 10.6 Å². The van der Waals surface area contributed by atoms with Gasteiger partial charge in [0.25, 0.3) is 0 Å². The summed E-state index contributed by atoms with van der Waals surface area (Å²) in [6, 6.07) is 10.2. The van der Waals surface area contributed by atoms with E-state index in [1.165, 1.54) is 5.56 Å². The topological polar surface area (TPSA) is 49.6 Å². The van der Waals surface area contributed by atoms with Crippen molar-refractivity contribution in [2.75, 3.05) is 26.2 Å². The summed E-state index contributed by atoms with van der Waals surface area (Å²) >= 11 is 0. The number of hydrogen-bond donors (Lipinski definition) is 1. The van der Waals surface area contributed by atoms with Crippen LogP contribution in [0.1, 0.15) is 25.8 Å². The molecule has 1 amide bonds. The molecule has 1 heterocycles. The van der Waals surface area contributed by atoms with E-state index in [1.54, 1.807) is 6.92 Å². The fourth-order valence-corrected chi connectivity index (χ4v) is 3.02. The van der Waals surface area contributed by atoms with E-state index in [0.717, 1.165) is 39.1 Å². The van der Waals surface area contributed by atoms with E-state index in [4.69, 9.17) is 5.73 Å². The minimum atomic E-state index is -0.397. The number of likely N-dealkylation sites (N-methyl/N-ethyl adjacent to an activating group) is 1. The van der Waals surface area contributed by atoms with Crippen LogP contribution in [0.5, 0.6) is 0 Å². The summed E-state index contributed by atoms with van der Waals surface area (Å²) in [7, 11) is 0. The van der Waals surface area contributed by atoms with Gasteiger partial charge in [-0.25, -0.2) is 0 Å². The van der Waals surface area contributed by atoms with Gasteiger partial charge >= 0.3 is 0 Å². The number of carbonyl (C=O) groups is 1. The molecule has 0 radical (unpaired) electrons. The number of amides is 1. The highest BCUT2D eigenvalue weighted by Crippen LogP contribution is 2.20. The standard InChI is InChI=1S/C17H27N3O.2ClH/c1-3-20(17(21)14(2)18)13-16-9-10-19(12-16)11-15-7-5-4-6-8-15;;/h4-8,14,16H,3,9-13,18H2,1-2H3;2*1H/t14-,16?;;/m0../s1. The first-order chi connectivity index (χ1) is 10.1. The molecule has 23 heavy (non-hydrogen) atoms. The van der Waals surface area contributed by atoms with E-state index in [-0.39, 0.29) is 30.7 Å². The van der Waals surface area contributed by atoms with E-state index in [0.29, 0.717) is 5.92 Å². The van der Waals surface area contributed by atoms with Crippen molar-refractivity contribution in [3.63, 3.8) is 0 Å². The van der Waals surface area contributed by atoms with Crippen LogP contribution in [-0.4, -0.2) is 47.9 Å². The van der Waals surface area contributed by atoms with Gasteiger partial charge in [0.2, 0.25) is 5.91 Å². The van der Waals surface area contributed by atoms with Gasteiger partial charge in [-0.1, -0.05) is 30.3 Å². The SMILES string of the molecule is CCN(CC1CCN(Cc2ccccc2)C1)C(=O)[C@H](C)N.Cl.Cl. The highest BCUT2D eigenvalue weighted by molar-refractivity contribution is 5.85. The molecule has 0 aliphatic carbocycles. The molecule has 4 nitrogen and oxygen atoms in total. The van der Waals surface area contributed by atoms with Gasteiger partial charge in [0.1, 0.15) is 0 Å². The molecule has 132 valence electrons. The maximum Gasteiger partial charge on any atom is 0.239 e. The highest BCUT2D eigenvalue weighted by atomic mass is 35.5. The zero-order valence-electron chi connectivity index (χ0n) is 14.0. The second-order valence-corrected chi connectivity index (χ2v) is 6.04. The number of nitrogens with zero attached hydrogens (tertiary/aromatic N) is 2. The Kier molecular flexibility index (Phi) is 10.5. The lowest BCUT2D eigenvalue weighted by Crippen LogP contribution is -2.44. The smallest absolute Gasteiger partial charge is 0.239 e. The average molecular weight is 362 g/mol. The molecule has 0 saturated carbocycles. The number of benzene rings is 1. The highest BCUT2D eigenvalue weighted by Gasteiger charge is 2.26. The summed E-state index contributed by atoms with van der Waals surface area (Å²) in [5, 5.41) is 0. The second-order valence-electron chi connectivity index (χ2n) is 6.04. The molecule has 1 fully saturated rings. The summed E-state index contributed by atoms with van der Waals surface area (Å²) < 4.78 is 0. The van der Waals surface area contributed by atoms with Crippen molar-refractivity contribution in [1.29, 1.82) is 0 Å². The minimum Gasteiger partial charge on any atom is -0.341 e. The molecule has 1 aliphatic rings. The summed E-state index contributed by atoms with van der Waals surface area (Å²) in [6.07, 6.45) is 1.16. The molecular formula is C17H29Cl2N3O. The molecule has 2 rings (SSSR count). The Morgan fingerprint density at radius 3 is 2.57 bits per heavy atom. The number of nitrogens with two attached hydrogens (primary N) is 1. The van der Waals surface area contributed by atoms with E-state index < -0.39 is 6.04 Å². The number of rotatable bonds is 6. The quantitative estimate of drug-likeness (QED) is 0.846. The van der Waals surface area contributed by atoms with E-state index in [2.05, 4.69) is 35.2 Å². The molecule has 1 aromatic carbocycles. The second kappa shape index (κ2) is 10.9. The van der Waals surface area contributed by atoms with Crippen molar-refractivity contribution in [2.45, 2.75) is 32.9 Å². The lowest BCUT2D eigenvalue weighted by atomic mass is 10.1. The van der Waals surface area contributed by atoms with Gasteiger partial charge in [0.05, 0.1) is 6.04 Å². The van der Waals surface area contributed by atoms with Crippen molar-refractivity contribution in [3.8, 4) is 0 Å². The molecule has 1 aliphatic heterocycles. The number of carbonyl (C=O) groups excluding carboxylic acids is 1. The summed E-state index contributed by atoms with van der Waals surface area (Å²) in [4.78, 5) is 16.4. The third-order valence-electron chi connectivity index (χ3n) is 4.18. The van der Waals surface area contributed by atoms with Gasteiger partial charge in [-0.15, -0.1) is 24.8 Å². The van der Waals surface area contributed by atoms with Crippen LogP contribution in [0.4, 0.5) is 0 Å². The van der Waals surface area contributed by atoms with Crippen LogP contribution in [0, 0.1) is 5.92 Å². The molecule has 0 spiro atoms. The predicted octanol–water partition coefficient (Wildman–Crippen LogP) is 2.55. The van der Waals surface area contributed by atoms with Gasteiger partial charge in [-0.05, 0) is 38.3 Å². The largest absolute Gasteiger partial charge is 0.341 e. The molecule has 6 heteroatoms. The maximum absolute atomic E-state index is 12.0. The first kappa shape index (κ1) is 22.2. The van der Waals surface area contributed by atoms with Crippen molar-refractivity contribution < 1.29 is 4.79 Å². The maximum atomic E-state index is 12.0. The first-order valence-electron chi connectivity index (χ1n) is 7.90. The van der Waals surface area contributed by atoms with Crippen LogP contribution in [0.15, 0.2) is 30.3 Å². The summed E-state index contributed by atoms with van der Waals surface area (Å²) in [5.74, 6) is 0.635. The molecule has 2 atom stereocenters. The third-order valence-corrected chi connectivity index (χ3v) is 4.18. The van der Waals surface area contributed by atoms with Crippen LogP contribution in [-0.2, 0) is 11.3 Å². The monoisotopic (exact) mass is 361 g/mol. The van der Waals surface area contributed by atoms with Gasteiger partial charge in [-0.3, -0.25) is 9.69 Å². The van der Waals surface area contributed by atoms with Crippen molar-refractivity contribution in [3.05, 3.63) is 35.9 Å². The first-order valence-corrected chi connectivity index (χ1v) is 7.90. The van der Waals surface area contributed by atoms with Crippen LogP contribution < -0.4 is 5.73 Å². The van der Waals surface area contributed by atoms with Gasteiger partial charge in [0, 0.05) is 26.2 Å². The molecule has 1 aromatic rings. The van der Waals surface area contributed by atoms with Crippen LogP contribution >= 0.6 is 24.8 Å².